The summed E-state index contributed by atoms with van der Waals surface area (Å²) >= 11 is 0. The molecule has 0 radical (unpaired) electrons. The van der Waals surface area contributed by atoms with Crippen LogP contribution in [0, 0.1) is 24.0 Å². The molecule has 2 aromatic rings. The van der Waals surface area contributed by atoms with Crippen molar-refractivity contribution in [1.29, 1.82) is 0 Å². The maximum absolute atomic E-state index is 12.4. The first kappa shape index (κ1) is 19.8. The first-order valence-corrected chi connectivity index (χ1v) is 7.40. The fraction of sp³-hybridized carbons (Fsp3) is 0.222. The van der Waals surface area contributed by atoms with E-state index in [9.17, 15) is 19.7 Å². The molecule has 7 nitrogen and oxygen atoms in total. The first-order chi connectivity index (χ1) is 11.6. The van der Waals surface area contributed by atoms with Crippen LogP contribution in [0.1, 0.15) is 27.0 Å². The van der Waals surface area contributed by atoms with Crippen LogP contribution in [0.3, 0.4) is 0 Å². The summed E-state index contributed by atoms with van der Waals surface area (Å²) in [6.07, 6.45) is -0.907. The number of aryl methyl sites for hydroxylation is 2. The molecule has 0 atom stereocenters. The van der Waals surface area contributed by atoms with Crippen LogP contribution in [0.5, 0.6) is 0 Å². The summed E-state index contributed by atoms with van der Waals surface area (Å²) < 4.78 is 0. The standard InChI is InChI=1S/C15H13NO3.C3H7NO2/c1-10-8-13(16(18)19)9-11(2)14(10)15(17)12-6-4-3-5-7-12;1-4(2)3(5)6/h3-9H,1-2H3;1-2H3,(H,5,6). The molecule has 0 fully saturated rings. The molecule has 0 saturated carbocycles. The number of nitro groups is 1. The van der Waals surface area contributed by atoms with Crippen molar-refractivity contribution >= 4 is 17.6 Å². The number of rotatable bonds is 3. The summed E-state index contributed by atoms with van der Waals surface area (Å²) in [5.74, 6) is -0.106. The average molecular weight is 344 g/mol. The van der Waals surface area contributed by atoms with E-state index >= 15 is 0 Å². The van der Waals surface area contributed by atoms with E-state index in [2.05, 4.69) is 0 Å². The van der Waals surface area contributed by atoms with Gasteiger partial charge < -0.3 is 10.0 Å². The number of carbonyl (C=O) groups excluding carboxylic acids is 1. The fourth-order valence-corrected chi connectivity index (χ4v) is 2.14. The molecular formula is C18H20N2O5. The lowest BCUT2D eigenvalue weighted by molar-refractivity contribution is -0.384. The van der Waals surface area contributed by atoms with E-state index in [-0.39, 0.29) is 11.5 Å². The van der Waals surface area contributed by atoms with Gasteiger partial charge in [0.2, 0.25) is 0 Å². The Hall–Kier alpha value is -3.22. The van der Waals surface area contributed by atoms with E-state index < -0.39 is 11.0 Å². The number of amides is 1. The third kappa shape index (κ3) is 5.42. The number of carbonyl (C=O) groups is 2. The molecule has 0 aromatic heterocycles. The van der Waals surface area contributed by atoms with E-state index in [1.54, 1.807) is 38.1 Å². The zero-order valence-corrected chi connectivity index (χ0v) is 14.5. The molecule has 0 aliphatic carbocycles. The summed E-state index contributed by atoms with van der Waals surface area (Å²) in [7, 11) is 2.95. The third-order valence-electron chi connectivity index (χ3n) is 3.37. The monoisotopic (exact) mass is 344 g/mol. The number of nitrogens with zero attached hydrogens (tertiary/aromatic N) is 2. The smallest absolute Gasteiger partial charge is 0.406 e. The molecular weight excluding hydrogens is 324 g/mol. The zero-order chi connectivity index (χ0) is 19.1. The topological polar surface area (TPSA) is 101 Å². The Balaban J connectivity index is 0.000000450. The van der Waals surface area contributed by atoms with Crippen molar-refractivity contribution < 1.29 is 19.6 Å². The van der Waals surface area contributed by atoms with Gasteiger partial charge >= 0.3 is 6.09 Å². The van der Waals surface area contributed by atoms with Crippen molar-refractivity contribution in [2.45, 2.75) is 13.8 Å². The second-order valence-corrected chi connectivity index (χ2v) is 5.58. The predicted octanol–water partition coefficient (Wildman–Crippen LogP) is 3.67. The van der Waals surface area contributed by atoms with Gasteiger partial charge in [0.1, 0.15) is 0 Å². The van der Waals surface area contributed by atoms with Crippen molar-refractivity contribution in [3.05, 3.63) is 74.8 Å². The van der Waals surface area contributed by atoms with E-state index in [0.717, 1.165) is 4.90 Å². The summed E-state index contributed by atoms with van der Waals surface area (Å²) in [6.45, 7) is 3.44. The Morgan fingerprint density at radius 1 is 1.04 bits per heavy atom. The molecule has 0 bridgehead atoms. The third-order valence-corrected chi connectivity index (χ3v) is 3.37. The minimum absolute atomic E-state index is 0.0135. The lowest BCUT2D eigenvalue weighted by Gasteiger charge is -2.08. The Labute approximate surface area is 145 Å². The number of hydrogen-bond donors (Lipinski definition) is 1. The van der Waals surface area contributed by atoms with Crippen LogP contribution in [0.15, 0.2) is 42.5 Å². The van der Waals surface area contributed by atoms with Gasteiger partial charge in [-0.05, 0) is 25.0 Å². The highest BCUT2D eigenvalue weighted by Gasteiger charge is 2.18. The molecule has 25 heavy (non-hydrogen) atoms. The van der Waals surface area contributed by atoms with Gasteiger partial charge in [-0.25, -0.2) is 4.79 Å². The van der Waals surface area contributed by atoms with Gasteiger partial charge in [-0.1, -0.05) is 30.3 Å². The lowest BCUT2D eigenvalue weighted by atomic mass is 9.94. The van der Waals surface area contributed by atoms with E-state index in [1.807, 2.05) is 6.07 Å². The number of benzene rings is 2. The fourth-order valence-electron chi connectivity index (χ4n) is 2.14. The lowest BCUT2D eigenvalue weighted by Crippen LogP contribution is -2.18. The maximum atomic E-state index is 12.4. The Morgan fingerprint density at radius 2 is 1.48 bits per heavy atom. The van der Waals surface area contributed by atoms with Gasteiger partial charge in [-0.2, -0.15) is 0 Å². The first-order valence-electron chi connectivity index (χ1n) is 7.40. The summed E-state index contributed by atoms with van der Waals surface area (Å²) in [6, 6.07) is 11.8. The van der Waals surface area contributed by atoms with Crippen molar-refractivity contribution in [3.8, 4) is 0 Å². The number of nitro benzene ring substituents is 1. The van der Waals surface area contributed by atoms with Crippen molar-refractivity contribution in [1.82, 2.24) is 4.90 Å². The molecule has 1 N–H and O–H groups in total. The summed E-state index contributed by atoms with van der Waals surface area (Å²) in [5, 5.41) is 18.7. The molecule has 7 heteroatoms. The Bertz CT molecular complexity index is 762. The molecule has 1 amide bonds. The molecule has 0 heterocycles. The van der Waals surface area contributed by atoms with Crippen LogP contribution >= 0.6 is 0 Å². The van der Waals surface area contributed by atoms with Crippen LogP contribution in [0.4, 0.5) is 10.5 Å². The second-order valence-electron chi connectivity index (χ2n) is 5.58. The zero-order valence-electron chi connectivity index (χ0n) is 14.5. The Morgan fingerprint density at radius 3 is 1.84 bits per heavy atom. The molecule has 0 aliphatic heterocycles. The van der Waals surface area contributed by atoms with Crippen LogP contribution in [-0.4, -0.2) is 40.9 Å². The van der Waals surface area contributed by atoms with Crippen LogP contribution in [0.25, 0.3) is 0 Å². The largest absolute Gasteiger partial charge is 0.465 e. The van der Waals surface area contributed by atoms with Crippen LogP contribution in [-0.2, 0) is 0 Å². The molecule has 0 saturated heterocycles. The van der Waals surface area contributed by atoms with E-state index in [1.165, 1.54) is 26.2 Å². The number of ketones is 1. The minimum Gasteiger partial charge on any atom is -0.465 e. The number of carboxylic acid groups (broad SMARTS) is 1. The molecule has 0 spiro atoms. The van der Waals surface area contributed by atoms with Gasteiger partial charge in [-0.3, -0.25) is 14.9 Å². The molecule has 2 rings (SSSR count). The van der Waals surface area contributed by atoms with E-state index in [4.69, 9.17) is 5.11 Å². The van der Waals surface area contributed by atoms with Crippen LogP contribution in [0.2, 0.25) is 0 Å². The maximum Gasteiger partial charge on any atom is 0.406 e. The van der Waals surface area contributed by atoms with Crippen molar-refractivity contribution in [2.75, 3.05) is 14.1 Å². The van der Waals surface area contributed by atoms with Gasteiger partial charge in [0.25, 0.3) is 5.69 Å². The van der Waals surface area contributed by atoms with Gasteiger partial charge in [-0.15, -0.1) is 0 Å². The molecule has 132 valence electrons. The quantitative estimate of drug-likeness (QED) is 0.520. The van der Waals surface area contributed by atoms with Crippen molar-refractivity contribution in [2.24, 2.45) is 0 Å². The van der Waals surface area contributed by atoms with Crippen LogP contribution < -0.4 is 0 Å². The normalized spacial score (nSPS) is 9.60. The molecule has 0 aliphatic rings. The average Bonchev–Trinajstić information content (AvgIpc) is 2.55. The highest BCUT2D eigenvalue weighted by Crippen LogP contribution is 2.24. The van der Waals surface area contributed by atoms with Gasteiger partial charge in [0.15, 0.2) is 5.78 Å². The van der Waals surface area contributed by atoms with Gasteiger partial charge in [0, 0.05) is 37.4 Å². The summed E-state index contributed by atoms with van der Waals surface area (Å²) in [4.78, 5) is 33.4. The summed E-state index contributed by atoms with van der Waals surface area (Å²) in [5.41, 5.74) is 2.39. The highest BCUT2D eigenvalue weighted by molar-refractivity contribution is 6.10. The highest BCUT2D eigenvalue weighted by atomic mass is 16.6. The van der Waals surface area contributed by atoms with Gasteiger partial charge in [0.05, 0.1) is 4.92 Å². The molecule has 2 aromatic carbocycles. The minimum atomic E-state index is -0.907. The van der Waals surface area contributed by atoms with E-state index in [0.29, 0.717) is 22.3 Å². The number of non-ortho nitro benzene ring substituents is 1. The van der Waals surface area contributed by atoms with Crippen molar-refractivity contribution in [3.63, 3.8) is 0 Å². The predicted molar refractivity (Wildman–Crippen MR) is 94.2 cm³/mol. The number of hydrogen-bond acceptors (Lipinski definition) is 4. The SMILES string of the molecule is CN(C)C(=O)O.Cc1cc([N+](=O)[O-])cc(C)c1C(=O)c1ccccc1. The Kier molecular flexibility index (Phi) is 6.81. The molecule has 0 unspecified atom stereocenters. The second kappa shape index (κ2) is 8.58.